The van der Waals surface area contributed by atoms with E-state index in [9.17, 15) is 4.79 Å². The second-order valence-corrected chi connectivity index (χ2v) is 3.27. The molecule has 4 N–H and O–H groups in total. The van der Waals surface area contributed by atoms with Gasteiger partial charge in [0.15, 0.2) is 0 Å². The molecule has 5 nitrogen and oxygen atoms in total. The van der Waals surface area contributed by atoms with Crippen LogP contribution in [0.5, 0.6) is 0 Å². The van der Waals surface area contributed by atoms with Crippen LogP contribution < -0.4 is 16.6 Å². The Labute approximate surface area is 78.0 Å². The van der Waals surface area contributed by atoms with E-state index in [4.69, 9.17) is 10.6 Å². The second-order valence-electron chi connectivity index (χ2n) is 3.27. The normalized spacial score (nSPS) is 24.3. The van der Waals surface area contributed by atoms with Gasteiger partial charge in [-0.3, -0.25) is 10.2 Å². The standard InChI is InChI=1S/C8H17N3O2/c1-6(8(12)11-9)10-5-7-3-2-4-13-7/h6-7,10H,2-5,9H2,1H3,(H,11,12)/t6-,7+/m0/s1. The molecule has 76 valence electrons. The monoisotopic (exact) mass is 187 g/mol. The zero-order valence-electron chi connectivity index (χ0n) is 7.88. The molecule has 0 aromatic carbocycles. The molecule has 1 amide bonds. The Morgan fingerprint density at radius 3 is 3.08 bits per heavy atom. The third-order valence-electron chi connectivity index (χ3n) is 2.21. The van der Waals surface area contributed by atoms with Crippen molar-refractivity contribution in [3.63, 3.8) is 0 Å². The molecule has 2 atom stereocenters. The molecule has 0 unspecified atom stereocenters. The maximum atomic E-state index is 11.0. The number of hydrogen-bond acceptors (Lipinski definition) is 4. The van der Waals surface area contributed by atoms with Gasteiger partial charge in [0.25, 0.3) is 5.91 Å². The predicted octanol–water partition coefficient (Wildman–Crippen LogP) is -0.867. The minimum Gasteiger partial charge on any atom is -0.377 e. The van der Waals surface area contributed by atoms with Gasteiger partial charge < -0.3 is 10.1 Å². The van der Waals surface area contributed by atoms with E-state index in [0.717, 1.165) is 19.4 Å². The predicted molar refractivity (Wildman–Crippen MR) is 48.8 cm³/mol. The van der Waals surface area contributed by atoms with Gasteiger partial charge in [0, 0.05) is 13.2 Å². The molecule has 0 spiro atoms. The Morgan fingerprint density at radius 2 is 2.54 bits per heavy atom. The zero-order chi connectivity index (χ0) is 9.68. The van der Waals surface area contributed by atoms with E-state index >= 15 is 0 Å². The Balaban J connectivity index is 2.13. The first-order valence-electron chi connectivity index (χ1n) is 4.59. The molecule has 0 bridgehead atoms. The summed E-state index contributed by atoms with van der Waals surface area (Å²) in [6.07, 6.45) is 2.45. The summed E-state index contributed by atoms with van der Waals surface area (Å²) in [6, 6.07) is -0.255. The number of amides is 1. The summed E-state index contributed by atoms with van der Waals surface area (Å²) in [5.41, 5.74) is 2.10. The molecule has 5 heteroatoms. The van der Waals surface area contributed by atoms with Gasteiger partial charge in [0.1, 0.15) is 0 Å². The van der Waals surface area contributed by atoms with Gasteiger partial charge in [0.2, 0.25) is 0 Å². The Morgan fingerprint density at radius 1 is 1.77 bits per heavy atom. The number of carbonyl (C=O) groups is 1. The van der Waals surface area contributed by atoms with Crippen molar-refractivity contribution in [2.45, 2.75) is 31.9 Å². The van der Waals surface area contributed by atoms with E-state index in [1.54, 1.807) is 6.92 Å². The number of nitrogens with two attached hydrogens (primary N) is 1. The number of nitrogens with one attached hydrogen (secondary N) is 2. The lowest BCUT2D eigenvalue weighted by Crippen LogP contribution is -2.46. The molecule has 1 fully saturated rings. The molecule has 0 aromatic rings. The van der Waals surface area contributed by atoms with Crippen LogP contribution in [-0.2, 0) is 9.53 Å². The topological polar surface area (TPSA) is 76.4 Å². The Hall–Kier alpha value is -0.650. The first kappa shape index (κ1) is 10.4. The van der Waals surface area contributed by atoms with Crippen LogP contribution in [0.2, 0.25) is 0 Å². The SMILES string of the molecule is C[C@H](NC[C@H]1CCCO1)C(=O)NN. The molecular weight excluding hydrogens is 170 g/mol. The third-order valence-corrected chi connectivity index (χ3v) is 2.21. The van der Waals surface area contributed by atoms with Crippen molar-refractivity contribution >= 4 is 5.91 Å². The lowest BCUT2D eigenvalue weighted by Gasteiger charge is -2.15. The molecule has 0 aromatic heterocycles. The quantitative estimate of drug-likeness (QED) is 0.304. The summed E-state index contributed by atoms with van der Waals surface area (Å²) in [7, 11) is 0. The average Bonchev–Trinajstić information content (AvgIpc) is 2.65. The smallest absolute Gasteiger partial charge is 0.250 e. The molecule has 1 heterocycles. The molecule has 13 heavy (non-hydrogen) atoms. The Bertz CT molecular complexity index is 169. The molecule has 1 saturated heterocycles. The molecule has 1 aliphatic rings. The minimum absolute atomic E-state index is 0.196. The van der Waals surface area contributed by atoms with Gasteiger partial charge in [-0.2, -0.15) is 0 Å². The molecule has 1 aliphatic heterocycles. The highest BCUT2D eigenvalue weighted by molar-refractivity contribution is 5.80. The lowest BCUT2D eigenvalue weighted by atomic mass is 10.2. The minimum atomic E-state index is -0.255. The van der Waals surface area contributed by atoms with Gasteiger partial charge >= 0.3 is 0 Å². The van der Waals surface area contributed by atoms with Gasteiger partial charge in [0.05, 0.1) is 12.1 Å². The van der Waals surface area contributed by atoms with Gasteiger partial charge in [-0.25, -0.2) is 5.84 Å². The van der Waals surface area contributed by atoms with Gasteiger partial charge in [-0.1, -0.05) is 0 Å². The largest absolute Gasteiger partial charge is 0.377 e. The highest BCUT2D eigenvalue weighted by Gasteiger charge is 2.17. The molecule has 0 aliphatic carbocycles. The number of hydrogen-bond donors (Lipinski definition) is 3. The summed E-state index contributed by atoms with van der Waals surface area (Å²) in [5, 5.41) is 3.06. The van der Waals surface area contributed by atoms with Crippen LogP contribution in [0.4, 0.5) is 0 Å². The fourth-order valence-electron chi connectivity index (χ4n) is 1.33. The van der Waals surface area contributed by atoms with Gasteiger partial charge in [-0.15, -0.1) is 0 Å². The van der Waals surface area contributed by atoms with Crippen LogP contribution in [0.25, 0.3) is 0 Å². The van der Waals surface area contributed by atoms with Crippen molar-refractivity contribution in [2.24, 2.45) is 5.84 Å². The van der Waals surface area contributed by atoms with Crippen LogP contribution in [0.15, 0.2) is 0 Å². The summed E-state index contributed by atoms with van der Waals surface area (Å²) >= 11 is 0. The van der Waals surface area contributed by atoms with E-state index < -0.39 is 0 Å². The van der Waals surface area contributed by atoms with Crippen LogP contribution in [0, 0.1) is 0 Å². The van der Waals surface area contributed by atoms with Crippen molar-refractivity contribution in [2.75, 3.05) is 13.2 Å². The van der Waals surface area contributed by atoms with E-state index in [2.05, 4.69) is 10.7 Å². The van der Waals surface area contributed by atoms with Crippen molar-refractivity contribution in [1.29, 1.82) is 0 Å². The molecule has 1 rings (SSSR count). The molecule has 0 saturated carbocycles. The van der Waals surface area contributed by atoms with Crippen molar-refractivity contribution < 1.29 is 9.53 Å². The zero-order valence-corrected chi connectivity index (χ0v) is 7.88. The number of rotatable bonds is 4. The van der Waals surface area contributed by atoms with E-state index in [1.807, 2.05) is 0 Å². The molecule has 0 radical (unpaired) electrons. The van der Waals surface area contributed by atoms with E-state index in [1.165, 1.54) is 0 Å². The summed E-state index contributed by atoms with van der Waals surface area (Å²) in [6.45, 7) is 3.33. The third kappa shape index (κ3) is 3.30. The van der Waals surface area contributed by atoms with Crippen molar-refractivity contribution in [3.05, 3.63) is 0 Å². The first-order valence-corrected chi connectivity index (χ1v) is 4.59. The number of carbonyl (C=O) groups excluding carboxylic acids is 1. The summed E-state index contributed by atoms with van der Waals surface area (Å²) < 4.78 is 5.39. The fourth-order valence-corrected chi connectivity index (χ4v) is 1.33. The van der Waals surface area contributed by atoms with Crippen LogP contribution in [0.3, 0.4) is 0 Å². The number of ether oxygens (including phenoxy) is 1. The lowest BCUT2D eigenvalue weighted by molar-refractivity contribution is -0.122. The highest BCUT2D eigenvalue weighted by Crippen LogP contribution is 2.10. The van der Waals surface area contributed by atoms with Gasteiger partial charge in [-0.05, 0) is 19.8 Å². The van der Waals surface area contributed by atoms with E-state index in [0.29, 0.717) is 6.54 Å². The maximum absolute atomic E-state index is 11.0. The summed E-state index contributed by atoms with van der Waals surface area (Å²) in [4.78, 5) is 11.0. The highest BCUT2D eigenvalue weighted by atomic mass is 16.5. The summed E-state index contributed by atoms with van der Waals surface area (Å²) in [5.74, 6) is 4.79. The van der Waals surface area contributed by atoms with E-state index in [-0.39, 0.29) is 18.1 Å². The van der Waals surface area contributed by atoms with Crippen molar-refractivity contribution in [3.8, 4) is 0 Å². The van der Waals surface area contributed by atoms with Crippen LogP contribution in [0.1, 0.15) is 19.8 Å². The second kappa shape index (κ2) is 5.16. The van der Waals surface area contributed by atoms with Crippen LogP contribution in [-0.4, -0.2) is 31.2 Å². The Kier molecular flexibility index (Phi) is 4.14. The van der Waals surface area contributed by atoms with Crippen molar-refractivity contribution in [1.82, 2.24) is 10.7 Å². The number of hydrazine groups is 1. The maximum Gasteiger partial charge on any atom is 0.250 e. The fraction of sp³-hybridized carbons (Fsp3) is 0.875. The molecular formula is C8H17N3O2. The van der Waals surface area contributed by atoms with Crippen LogP contribution >= 0.6 is 0 Å². The first-order chi connectivity index (χ1) is 6.24. The average molecular weight is 187 g/mol.